The van der Waals surface area contributed by atoms with Gasteiger partial charge in [-0.2, -0.15) is 0 Å². The van der Waals surface area contributed by atoms with E-state index < -0.39 is 0 Å². The standard InChI is InChI=1S/C22H29N3OS/c1-15-16(2)25(18-10-4-5-11-18)22(23-15)27-14-21(26)24-20-13-7-9-17-8-3-6-12-19(17)20/h3,6,8,12,18,20H,4-5,7,9-11,13-14H2,1-2H3,(H,24,26)/t20-/m1/s1. The van der Waals surface area contributed by atoms with Crippen molar-refractivity contribution in [3.05, 3.63) is 46.8 Å². The highest BCUT2D eigenvalue weighted by Gasteiger charge is 2.25. The Morgan fingerprint density at radius 2 is 1.96 bits per heavy atom. The normalized spacial score (nSPS) is 19.9. The van der Waals surface area contributed by atoms with Crippen molar-refractivity contribution in [1.82, 2.24) is 14.9 Å². The first kappa shape index (κ1) is 18.6. The van der Waals surface area contributed by atoms with Gasteiger partial charge < -0.3 is 9.88 Å². The smallest absolute Gasteiger partial charge is 0.230 e. The van der Waals surface area contributed by atoms with Crippen molar-refractivity contribution in [3.63, 3.8) is 0 Å². The molecule has 0 saturated heterocycles. The second kappa shape index (κ2) is 8.09. The topological polar surface area (TPSA) is 46.9 Å². The van der Waals surface area contributed by atoms with E-state index in [1.165, 1.54) is 42.5 Å². The van der Waals surface area contributed by atoms with Crippen LogP contribution in [-0.4, -0.2) is 21.2 Å². The molecule has 4 rings (SSSR count). The van der Waals surface area contributed by atoms with Gasteiger partial charge in [-0.3, -0.25) is 4.79 Å². The van der Waals surface area contributed by atoms with E-state index in [4.69, 9.17) is 4.98 Å². The molecule has 1 N–H and O–H groups in total. The van der Waals surface area contributed by atoms with Crippen LogP contribution in [0, 0.1) is 13.8 Å². The third-order valence-corrected chi connectivity index (χ3v) is 7.03. The Balaban J connectivity index is 1.41. The first-order valence-corrected chi connectivity index (χ1v) is 11.2. The largest absolute Gasteiger partial charge is 0.349 e. The van der Waals surface area contributed by atoms with E-state index in [-0.39, 0.29) is 11.9 Å². The number of nitrogens with zero attached hydrogens (tertiary/aromatic N) is 2. The second-order valence-corrected chi connectivity index (χ2v) is 8.82. The fourth-order valence-electron chi connectivity index (χ4n) is 4.56. The van der Waals surface area contributed by atoms with E-state index in [1.807, 2.05) is 0 Å². The van der Waals surface area contributed by atoms with Crippen molar-refractivity contribution in [2.75, 3.05) is 5.75 Å². The van der Waals surface area contributed by atoms with Crippen molar-refractivity contribution < 1.29 is 4.79 Å². The highest BCUT2D eigenvalue weighted by atomic mass is 32.2. The molecule has 0 aliphatic heterocycles. The lowest BCUT2D eigenvalue weighted by molar-refractivity contribution is -0.119. The van der Waals surface area contributed by atoms with Crippen LogP contribution in [0.5, 0.6) is 0 Å². The third-order valence-electron chi connectivity index (χ3n) is 6.08. The Labute approximate surface area is 166 Å². The number of amides is 1. The molecule has 2 aliphatic rings. The van der Waals surface area contributed by atoms with Gasteiger partial charge in [0.1, 0.15) is 0 Å². The van der Waals surface area contributed by atoms with Gasteiger partial charge in [0.2, 0.25) is 5.91 Å². The number of aryl methyl sites for hydroxylation is 2. The summed E-state index contributed by atoms with van der Waals surface area (Å²) in [5.41, 5.74) is 5.02. The summed E-state index contributed by atoms with van der Waals surface area (Å²) in [6.45, 7) is 4.23. The van der Waals surface area contributed by atoms with Crippen LogP contribution in [0.1, 0.15) is 73.1 Å². The first-order chi connectivity index (χ1) is 13.1. The molecule has 0 spiro atoms. The Morgan fingerprint density at radius 3 is 2.78 bits per heavy atom. The Morgan fingerprint density at radius 1 is 1.19 bits per heavy atom. The highest BCUT2D eigenvalue weighted by Crippen LogP contribution is 2.35. The molecular formula is C22H29N3OS. The van der Waals surface area contributed by atoms with Crippen LogP contribution in [0.2, 0.25) is 0 Å². The molecule has 27 heavy (non-hydrogen) atoms. The van der Waals surface area contributed by atoms with E-state index in [0.717, 1.165) is 30.1 Å². The zero-order valence-electron chi connectivity index (χ0n) is 16.3. The quantitative estimate of drug-likeness (QED) is 0.747. The molecule has 5 heteroatoms. The van der Waals surface area contributed by atoms with Gasteiger partial charge in [-0.25, -0.2) is 4.98 Å². The van der Waals surface area contributed by atoms with Crippen LogP contribution < -0.4 is 5.32 Å². The van der Waals surface area contributed by atoms with Crippen LogP contribution >= 0.6 is 11.8 Å². The van der Waals surface area contributed by atoms with Gasteiger partial charge in [0, 0.05) is 11.7 Å². The molecule has 1 saturated carbocycles. The number of imidazole rings is 1. The van der Waals surface area contributed by atoms with Gasteiger partial charge in [-0.05, 0) is 57.1 Å². The van der Waals surface area contributed by atoms with E-state index in [2.05, 4.69) is 48.0 Å². The lowest BCUT2D eigenvalue weighted by Crippen LogP contribution is -2.32. The third kappa shape index (κ3) is 3.93. The minimum Gasteiger partial charge on any atom is -0.349 e. The van der Waals surface area contributed by atoms with Crippen LogP contribution in [0.25, 0.3) is 0 Å². The lowest BCUT2D eigenvalue weighted by atomic mass is 9.88. The van der Waals surface area contributed by atoms with Crippen molar-refractivity contribution in [2.24, 2.45) is 0 Å². The van der Waals surface area contributed by atoms with Crippen molar-refractivity contribution in [1.29, 1.82) is 0 Å². The summed E-state index contributed by atoms with van der Waals surface area (Å²) in [7, 11) is 0. The summed E-state index contributed by atoms with van der Waals surface area (Å²) in [4.78, 5) is 17.4. The number of fused-ring (bicyclic) bond motifs is 1. The SMILES string of the molecule is Cc1nc(SCC(=O)N[C@@H]2CCCc3ccccc32)n(C2CCCC2)c1C. The van der Waals surface area contributed by atoms with E-state index in [9.17, 15) is 4.79 Å². The predicted molar refractivity (Wildman–Crippen MR) is 110 cm³/mol. The zero-order valence-corrected chi connectivity index (χ0v) is 17.1. The van der Waals surface area contributed by atoms with Crippen molar-refractivity contribution in [2.45, 2.75) is 76.0 Å². The summed E-state index contributed by atoms with van der Waals surface area (Å²) < 4.78 is 2.39. The summed E-state index contributed by atoms with van der Waals surface area (Å²) in [6, 6.07) is 9.22. The maximum atomic E-state index is 12.6. The van der Waals surface area contributed by atoms with Gasteiger partial charge in [-0.15, -0.1) is 0 Å². The molecule has 1 aromatic carbocycles. The summed E-state index contributed by atoms with van der Waals surface area (Å²) in [6.07, 6.45) is 8.35. The van der Waals surface area contributed by atoms with Crippen molar-refractivity contribution >= 4 is 17.7 Å². The summed E-state index contributed by atoms with van der Waals surface area (Å²) in [5.74, 6) is 0.541. The molecule has 2 aliphatic carbocycles. The number of carbonyl (C=O) groups is 1. The maximum absolute atomic E-state index is 12.6. The fraction of sp³-hybridized carbons (Fsp3) is 0.545. The van der Waals surface area contributed by atoms with Crippen LogP contribution in [0.3, 0.4) is 0 Å². The predicted octanol–water partition coefficient (Wildman–Crippen LogP) is 4.90. The molecular weight excluding hydrogens is 354 g/mol. The Hall–Kier alpha value is -1.75. The molecule has 1 fully saturated rings. The van der Waals surface area contributed by atoms with Crippen LogP contribution in [0.15, 0.2) is 29.4 Å². The van der Waals surface area contributed by atoms with Gasteiger partial charge in [0.25, 0.3) is 0 Å². The number of carbonyl (C=O) groups excluding carboxylic acids is 1. The summed E-state index contributed by atoms with van der Waals surface area (Å²) in [5, 5.41) is 4.27. The molecule has 0 bridgehead atoms. The van der Waals surface area contributed by atoms with E-state index >= 15 is 0 Å². The molecule has 0 unspecified atom stereocenters. The van der Waals surface area contributed by atoms with E-state index in [1.54, 1.807) is 11.8 Å². The second-order valence-electron chi connectivity index (χ2n) is 7.87. The minimum absolute atomic E-state index is 0.109. The molecule has 1 atom stereocenters. The number of thioether (sulfide) groups is 1. The number of hydrogen-bond donors (Lipinski definition) is 1. The molecule has 1 aromatic heterocycles. The lowest BCUT2D eigenvalue weighted by Gasteiger charge is -2.26. The number of nitrogens with one attached hydrogen (secondary N) is 1. The molecule has 144 valence electrons. The van der Waals surface area contributed by atoms with Gasteiger partial charge in [0.15, 0.2) is 5.16 Å². The number of aromatic nitrogens is 2. The average Bonchev–Trinajstić information content (AvgIpc) is 3.29. The Kier molecular flexibility index (Phi) is 5.58. The summed E-state index contributed by atoms with van der Waals surface area (Å²) >= 11 is 1.59. The van der Waals surface area contributed by atoms with Gasteiger partial charge >= 0.3 is 0 Å². The fourth-order valence-corrected chi connectivity index (χ4v) is 5.53. The average molecular weight is 384 g/mol. The van der Waals surface area contributed by atoms with Crippen LogP contribution in [0.4, 0.5) is 0 Å². The zero-order chi connectivity index (χ0) is 18.8. The van der Waals surface area contributed by atoms with Gasteiger partial charge in [0.05, 0.1) is 17.5 Å². The Bertz CT molecular complexity index is 823. The number of benzene rings is 1. The molecule has 0 radical (unpaired) electrons. The van der Waals surface area contributed by atoms with Crippen LogP contribution in [-0.2, 0) is 11.2 Å². The monoisotopic (exact) mass is 383 g/mol. The highest BCUT2D eigenvalue weighted by molar-refractivity contribution is 7.99. The van der Waals surface area contributed by atoms with Gasteiger partial charge in [-0.1, -0.05) is 48.9 Å². The molecule has 4 nitrogen and oxygen atoms in total. The van der Waals surface area contributed by atoms with E-state index in [0.29, 0.717) is 11.8 Å². The maximum Gasteiger partial charge on any atom is 0.230 e. The molecule has 1 amide bonds. The number of rotatable bonds is 5. The minimum atomic E-state index is 0.109. The first-order valence-electron chi connectivity index (χ1n) is 10.2. The molecule has 2 aromatic rings. The number of hydrogen-bond acceptors (Lipinski definition) is 3. The molecule has 1 heterocycles. The van der Waals surface area contributed by atoms with Crippen molar-refractivity contribution in [3.8, 4) is 0 Å².